The van der Waals surface area contributed by atoms with Crippen molar-refractivity contribution in [1.29, 1.82) is 0 Å². The summed E-state index contributed by atoms with van der Waals surface area (Å²) >= 11 is 0. The summed E-state index contributed by atoms with van der Waals surface area (Å²) in [4.78, 5) is 25.5. The van der Waals surface area contributed by atoms with E-state index in [0.29, 0.717) is 19.4 Å². The number of rotatable bonds is 53. The molecule has 68 heavy (non-hydrogen) atoms. The highest BCUT2D eigenvalue weighted by Gasteiger charge is 2.17. The summed E-state index contributed by atoms with van der Waals surface area (Å²) in [7, 11) is 0. The van der Waals surface area contributed by atoms with Crippen molar-refractivity contribution >= 4 is 11.9 Å². The molecule has 0 radical (unpaired) electrons. The van der Waals surface area contributed by atoms with E-state index in [0.717, 1.165) is 96.3 Å². The molecule has 0 saturated heterocycles. The number of esters is 2. The third kappa shape index (κ3) is 55.7. The smallest absolute Gasteiger partial charge is 0.306 e. The minimum Gasteiger partial charge on any atom is -0.462 e. The van der Waals surface area contributed by atoms with Crippen LogP contribution in [0, 0.1) is 0 Å². The van der Waals surface area contributed by atoms with Crippen molar-refractivity contribution in [2.24, 2.45) is 0 Å². The molecule has 0 N–H and O–H groups in total. The first kappa shape index (κ1) is 65.1. The molecule has 0 aliphatic heterocycles. The number of carbonyl (C=O) groups excluding carboxylic acids is 2. The van der Waals surface area contributed by atoms with Crippen LogP contribution in [0.4, 0.5) is 0 Å². The SMILES string of the molecule is CC/C=C\C/C=C\C/C=C\C/C=C\CCCCCCC(=O)OC(COCCCCCCCC/C=C\CCCCCCCC)COC(=O)CCCCCCCCCCC/C=C\C/C=C\CCCCC. The van der Waals surface area contributed by atoms with E-state index in [4.69, 9.17) is 14.2 Å². The van der Waals surface area contributed by atoms with Gasteiger partial charge < -0.3 is 14.2 Å². The number of allylic oxidation sites excluding steroid dienone is 14. The number of carbonyl (C=O) groups is 2. The Morgan fingerprint density at radius 1 is 0.338 bits per heavy atom. The van der Waals surface area contributed by atoms with Crippen molar-refractivity contribution in [3.63, 3.8) is 0 Å². The maximum Gasteiger partial charge on any atom is 0.306 e. The molecule has 1 atom stereocenters. The Hall–Kier alpha value is -2.92. The fraction of sp³-hybridized carbons (Fsp3) is 0.746. The molecule has 0 aromatic rings. The fourth-order valence-corrected chi connectivity index (χ4v) is 8.06. The van der Waals surface area contributed by atoms with Gasteiger partial charge in [-0.1, -0.05) is 234 Å². The van der Waals surface area contributed by atoms with Crippen LogP contribution in [0.1, 0.15) is 278 Å². The van der Waals surface area contributed by atoms with Gasteiger partial charge in [0.15, 0.2) is 6.10 Å². The Morgan fingerprint density at radius 2 is 0.662 bits per heavy atom. The van der Waals surface area contributed by atoms with Crippen LogP contribution in [0.25, 0.3) is 0 Å². The first-order valence-electron chi connectivity index (χ1n) is 29.1. The highest BCUT2D eigenvalue weighted by Crippen LogP contribution is 2.14. The second kappa shape index (κ2) is 58.4. The van der Waals surface area contributed by atoms with Gasteiger partial charge in [0.1, 0.15) is 6.61 Å². The summed E-state index contributed by atoms with van der Waals surface area (Å²) in [5.74, 6) is -0.427. The standard InChI is InChI=1S/C63H110O5/c1-4-7-10-13-16-19-22-25-28-31-32-34-35-38-41-44-47-50-53-56-62(64)67-60-61(59-66-58-55-52-49-46-43-40-37-30-27-24-21-18-15-12-9-6-3)68-63(65)57-54-51-48-45-42-39-36-33-29-26-23-20-17-14-11-8-5-2/h8,11,16-17,19-20,25-30,36,39,61H,4-7,9-10,12-15,18,21-24,31-35,37-38,40-60H2,1-3H3/b11-8-,19-16-,20-17-,28-25-,29-26-,30-27-,39-36-. The maximum absolute atomic E-state index is 12.9. The molecule has 5 nitrogen and oxygen atoms in total. The first-order valence-corrected chi connectivity index (χ1v) is 29.1. The Morgan fingerprint density at radius 3 is 1.10 bits per heavy atom. The minimum atomic E-state index is -0.558. The number of unbranched alkanes of at least 4 members (excludes halogenated alkanes) is 28. The van der Waals surface area contributed by atoms with Crippen LogP contribution >= 0.6 is 0 Å². The molecule has 0 aromatic heterocycles. The predicted octanol–water partition coefficient (Wildman–Crippen LogP) is 20.0. The molecule has 0 aromatic carbocycles. The lowest BCUT2D eigenvalue weighted by Gasteiger charge is -2.18. The van der Waals surface area contributed by atoms with Gasteiger partial charge in [-0.25, -0.2) is 0 Å². The van der Waals surface area contributed by atoms with Gasteiger partial charge in [0, 0.05) is 19.4 Å². The van der Waals surface area contributed by atoms with Crippen LogP contribution < -0.4 is 0 Å². The average Bonchev–Trinajstić information content (AvgIpc) is 3.34. The van der Waals surface area contributed by atoms with Crippen molar-refractivity contribution in [3.8, 4) is 0 Å². The summed E-state index contributed by atoms with van der Waals surface area (Å²) in [6.45, 7) is 7.67. The van der Waals surface area contributed by atoms with E-state index >= 15 is 0 Å². The largest absolute Gasteiger partial charge is 0.462 e. The van der Waals surface area contributed by atoms with Crippen LogP contribution in [0.15, 0.2) is 85.1 Å². The minimum absolute atomic E-state index is 0.0683. The van der Waals surface area contributed by atoms with Gasteiger partial charge in [-0.2, -0.15) is 0 Å². The zero-order chi connectivity index (χ0) is 49.2. The zero-order valence-electron chi connectivity index (χ0n) is 45.1. The van der Waals surface area contributed by atoms with E-state index in [9.17, 15) is 9.59 Å². The molecule has 0 aliphatic carbocycles. The highest BCUT2D eigenvalue weighted by atomic mass is 16.6. The third-order valence-electron chi connectivity index (χ3n) is 12.4. The summed E-state index contributed by atoms with van der Waals surface area (Å²) in [6, 6.07) is 0. The molecule has 1 unspecified atom stereocenters. The van der Waals surface area contributed by atoms with Gasteiger partial charge in [-0.05, 0) is 116 Å². The molecule has 0 aliphatic rings. The van der Waals surface area contributed by atoms with Gasteiger partial charge in [0.05, 0.1) is 6.61 Å². The number of hydrogen-bond donors (Lipinski definition) is 0. The second-order valence-corrected chi connectivity index (χ2v) is 19.2. The van der Waals surface area contributed by atoms with Crippen molar-refractivity contribution in [3.05, 3.63) is 85.1 Å². The summed E-state index contributed by atoms with van der Waals surface area (Å²) in [5.41, 5.74) is 0. The highest BCUT2D eigenvalue weighted by molar-refractivity contribution is 5.70. The van der Waals surface area contributed by atoms with Crippen molar-refractivity contribution in [1.82, 2.24) is 0 Å². The van der Waals surface area contributed by atoms with Crippen LogP contribution in [0.3, 0.4) is 0 Å². The normalized spacial score (nSPS) is 12.8. The summed E-state index contributed by atoms with van der Waals surface area (Å²) < 4.78 is 17.5. The van der Waals surface area contributed by atoms with E-state index in [1.807, 2.05) is 0 Å². The Balaban J connectivity index is 4.33. The lowest BCUT2D eigenvalue weighted by molar-refractivity contribution is -0.163. The average molecular weight is 948 g/mol. The number of hydrogen-bond acceptors (Lipinski definition) is 5. The molecule has 0 spiro atoms. The zero-order valence-corrected chi connectivity index (χ0v) is 45.1. The fourth-order valence-electron chi connectivity index (χ4n) is 8.06. The van der Waals surface area contributed by atoms with Crippen LogP contribution in [-0.4, -0.2) is 37.9 Å². The Labute approximate surface area is 422 Å². The summed E-state index contributed by atoms with van der Waals surface area (Å²) in [6.07, 6.45) is 77.4. The Kier molecular flexibility index (Phi) is 55.9. The molecule has 5 heteroatoms. The summed E-state index contributed by atoms with van der Waals surface area (Å²) in [5, 5.41) is 0. The van der Waals surface area contributed by atoms with Gasteiger partial charge in [-0.15, -0.1) is 0 Å². The Bertz CT molecular complexity index is 1250. The van der Waals surface area contributed by atoms with Crippen LogP contribution in [-0.2, 0) is 23.8 Å². The molecular formula is C63H110O5. The number of ether oxygens (including phenoxy) is 3. The second-order valence-electron chi connectivity index (χ2n) is 19.2. The molecular weight excluding hydrogens is 837 g/mol. The van der Waals surface area contributed by atoms with E-state index in [1.165, 1.54) is 148 Å². The molecule has 0 heterocycles. The van der Waals surface area contributed by atoms with Gasteiger partial charge in [0.25, 0.3) is 0 Å². The van der Waals surface area contributed by atoms with Crippen molar-refractivity contribution in [2.75, 3.05) is 19.8 Å². The molecule has 392 valence electrons. The quantitative estimate of drug-likeness (QED) is 0.0345. The third-order valence-corrected chi connectivity index (χ3v) is 12.4. The molecule has 0 fully saturated rings. The van der Waals surface area contributed by atoms with E-state index in [-0.39, 0.29) is 25.2 Å². The van der Waals surface area contributed by atoms with Crippen molar-refractivity contribution in [2.45, 2.75) is 284 Å². The lowest BCUT2D eigenvalue weighted by Crippen LogP contribution is -2.30. The predicted molar refractivity (Wildman–Crippen MR) is 297 cm³/mol. The van der Waals surface area contributed by atoms with E-state index in [2.05, 4.69) is 106 Å². The van der Waals surface area contributed by atoms with Crippen LogP contribution in [0.5, 0.6) is 0 Å². The molecule has 0 bridgehead atoms. The van der Waals surface area contributed by atoms with Crippen molar-refractivity contribution < 1.29 is 23.8 Å². The maximum atomic E-state index is 12.9. The first-order chi connectivity index (χ1) is 33.6. The van der Waals surface area contributed by atoms with Gasteiger partial charge >= 0.3 is 11.9 Å². The van der Waals surface area contributed by atoms with Gasteiger partial charge in [-0.3, -0.25) is 9.59 Å². The van der Waals surface area contributed by atoms with Crippen LogP contribution in [0.2, 0.25) is 0 Å². The topological polar surface area (TPSA) is 61.8 Å². The molecule has 0 saturated carbocycles. The van der Waals surface area contributed by atoms with E-state index < -0.39 is 6.10 Å². The molecule has 0 amide bonds. The lowest BCUT2D eigenvalue weighted by atomic mass is 10.1. The molecule has 0 rings (SSSR count). The van der Waals surface area contributed by atoms with Gasteiger partial charge in [0.2, 0.25) is 0 Å². The van der Waals surface area contributed by atoms with E-state index in [1.54, 1.807) is 0 Å². The monoisotopic (exact) mass is 947 g/mol.